The maximum absolute atomic E-state index is 14.8. The fourth-order valence-electron chi connectivity index (χ4n) is 3.20. The second-order valence-corrected chi connectivity index (χ2v) is 7.90. The van der Waals surface area contributed by atoms with Crippen LogP contribution in [0, 0.1) is 5.82 Å². The Balaban J connectivity index is 1.68. The van der Waals surface area contributed by atoms with Crippen molar-refractivity contribution in [2.45, 2.75) is 64.6 Å². The van der Waals surface area contributed by atoms with Crippen molar-refractivity contribution in [1.82, 2.24) is 0 Å². The molecule has 1 aliphatic heterocycles. The minimum absolute atomic E-state index is 0.238. The molecule has 0 spiro atoms. The molecule has 3 rings (SSSR count). The van der Waals surface area contributed by atoms with Crippen molar-refractivity contribution >= 4 is 13.2 Å². The van der Waals surface area contributed by atoms with E-state index in [0.29, 0.717) is 12.8 Å². The van der Waals surface area contributed by atoms with Crippen LogP contribution in [0.25, 0.3) is 6.08 Å². The van der Waals surface area contributed by atoms with Crippen LogP contribution in [-0.4, -0.2) is 18.3 Å². The highest BCUT2D eigenvalue weighted by Crippen LogP contribution is 2.41. The topological polar surface area (TPSA) is 18.5 Å². The minimum atomic E-state index is -0.909. The standard InChI is InChI=1S/C20H25BF2O2/c1-19(2)20(3,4)25-21(24-19)18(23)16-10-8-14(9-11-16)12-15-6-5-7-17(22)13-15/h5-7,12-13H,8-11H2,1-4H3. The summed E-state index contributed by atoms with van der Waals surface area (Å²) < 4.78 is 39.7. The van der Waals surface area contributed by atoms with Crippen LogP contribution in [0.4, 0.5) is 8.78 Å². The van der Waals surface area contributed by atoms with Crippen molar-refractivity contribution in [3.63, 3.8) is 0 Å². The van der Waals surface area contributed by atoms with E-state index < -0.39 is 18.3 Å². The van der Waals surface area contributed by atoms with Crippen molar-refractivity contribution < 1.29 is 18.1 Å². The Bertz CT molecular complexity index is 694. The lowest BCUT2D eigenvalue weighted by Gasteiger charge is -2.32. The van der Waals surface area contributed by atoms with Gasteiger partial charge in [0.1, 0.15) is 11.5 Å². The van der Waals surface area contributed by atoms with Gasteiger partial charge < -0.3 is 9.31 Å². The number of rotatable bonds is 2. The van der Waals surface area contributed by atoms with Crippen LogP contribution in [0.5, 0.6) is 0 Å². The molecule has 1 aromatic rings. The molecule has 0 atom stereocenters. The SMILES string of the molecule is CC1(C)OB(C(F)=C2CCC(=Cc3cccc(F)c3)CC2)OC1(C)C. The van der Waals surface area contributed by atoms with Crippen LogP contribution in [0.3, 0.4) is 0 Å². The molecule has 25 heavy (non-hydrogen) atoms. The second kappa shape index (κ2) is 6.69. The first kappa shape index (κ1) is 18.3. The largest absolute Gasteiger partial charge is 0.525 e. The van der Waals surface area contributed by atoms with Gasteiger partial charge in [-0.1, -0.05) is 23.8 Å². The molecule has 2 aliphatic rings. The van der Waals surface area contributed by atoms with Crippen LogP contribution in [0.1, 0.15) is 58.9 Å². The second-order valence-electron chi connectivity index (χ2n) is 7.90. The fraction of sp³-hybridized carbons (Fsp3) is 0.500. The van der Waals surface area contributed by atoms with Gasteiger partial charge in [0.25, 0.3) is 0 Å². The smallest absolute Gasteiger partial charge is 0.398 e. The van der Waals surface area contributed by atoms with Crippen LogP contribution in [-0.2, 0) is 9.31 Å². The maximum Gasteiger partial charge on any atom is 0.525 e. The Kier molecular flexibility index (Phi) is 4.91. The Hall–Kier alpha value is -1.46. The number of hydrogen-bond donors (Lipinski definition) is 0. The highest BCUT2D eigenvalue weighted by atomic mass is 19.1. The summed E-state index contributed by atoms with van der Waals surface area (Å²) in [6, 6.07) is 6.53. The first-order chi connectivity index (χ1) is 11.7. The molecule has 2 fully saturated rings. The van der Waals surface area contributed by atoms with Crippen LogP contribution < -0.4 is 0 Å². The van der Waals surface area contributed by atoms with Gasteiger partial charge in [-0.3, -0.25) is 0 Å². The van der Waals surface area contributed by atoms with Crippen molar-refractivity contribution in [3.05, 3.63) is 52.5 Å². The summed E-state index contributed by atoms with van der Waals surface area (Å²) in [4.78, 5) is 0. The molecule has 0 N–H and O–H groups in total. The third-order valence-electron chi connectivity index (χ3n) is 5.51. The van der Waals surface area contributed by atoms with E-state index in [1.807, 2.05) is 39.8 Å². The van der Waals surface area contributed by atoms with Gasteiger partial charge in [0.15, 0.2) is 0 Å². The highest BCUT2D eigenvalue weighted by molar-refractivity contribution is 6.53. The first-order valence-corrected chi connectivity index (χ1v) is 8.86. The number of allylic oxidation sites excluding steroid dienone is 2. The summed E-state index contributed by atoms with van der Waals surface area (Å²) in [7, 11) is -0.909. The molecule has 5 heteroatoms. The van der Waals surface area contributed by atoms with Gasteiger partial charge in [0, 0.05) is 0 Å². The van der Waals surface area contributed by atoms with E-state index in [1.54, 1.807) is 6.07 Å². The zero-order valence-electron chi connectivity index (χ0n) is 15.4. The van der Waals surface area contributed by atoms with E-state index in [-0.39, 0.29) is 11.5 Å². The molecular formula is C20H25BF2O2. The summed E-state index contributed by atoms with van der Waals surface area (Å²) in [6.07, 6.45) is 4.86. The van der Waals surface area contributed by atoms with E-state index in [1.165, 1.54) is 17.7 Å². The molecule has 0 unspecified atom stereocenters. The Morgan fingerprint density at radius 3 is 2.20 bits per heavy atom. The molecule has 0 amide bonds. The summed E-state index contributed by atoms with van der Waals surface area (Å²) >= 11 is 0. The predicted molar refractivity (Wildman–Crippen MR) is 97.1 cm³/mol. The molecule has 2 nitrogen and oxygen atoms in total. The van der Waals surface area contributed by atoms with E-state index in [4.69, 9.17) is 9.31 Å². The van der Waals surface area contributed by atoms with E-state index in [9.17, 15) is 8.78 Å². The average molecular weight is 346 g/mol. The predicted octanol–water partition coefficient (Wildman–Crippen LogP) is 5.64. The first-order valence-electron chi connectivity index (χ1n) is 8.86. The lowest BCUT2D eigenvalue weighted by molar-refractivity contribution is 0.00578. The molecule has 0 radical (unpaired) electrons. The van der Waals surface area contributed by atoms with Crippen molar-refractivity contribution in [2.75, 3.05) is 0 Å². The van der Waals surface area contributed by atoms with E-state index in [0.717, 1.165) is 24.0 Å². The fourth-order valence-corrected chi connectivity index (χ4v) is 3.20. The van der Waals surface area contributed by atoms with Crippen molar-refractivity contribution in [1.29, 1.82) is 0 Å². The molecule has 1 heterocycles. The maximum atomic E-state index is 14.8. The highest BCUT2D eigenvalue weighted by Gasteiger charge is 2.53. The molecule has 1 saturated heterocycles. The quantitative estimate of drug-likeness (QED) is 0.646. The molecule has 134 valence electrons. The van der Waals surface area contributed by atoms with Gasteiger partial charge in [0.05, 0.1) is 11.2 Å². The van der Waals surface area contributed by atoms with Gasteiger partial charge in [-0.25, -0.2) is 8.78 Å². The summed E-state index contributed by atoms with van der Waals surface area (Å²) in [5, 5.41) is 0. The zero-order chi connectivity index (χ0) is 18.2. The number of hydrogen-bond acceptors (Lipinski definition) is 2. The monoisotopic (exact) mass is 346 g/mol. The third-order valence-corrected chi connectivity index (χ3v) is 5.51. The molecule has 1 aromatic carbocycles. The molecule has 0 bridgehead atoms. The third kappa shape index (κ3) is 3.88. The van der Waals surface area contributed by atoms with Gasteiger partial charge in [-0.05, 0) is 76.6 Å². The summed E-state index contributed by atoms with van der Waals surface area (Å²) in [6.45, 7) is 7.69. The summed E-state index contributed by atoms with van der Waals surface area (Å²) in [5.41, 5.74) is 1.50. The van der Waals surface area contributed by atoms with Gasteiger partial charge in [0.2, 0.25) is 0 Å². The zero-order valence-corrected chi connectivity index (χ0v) is 15.4. The normalized spacial score (nSPS) is 22.2. The van der Waals surface area contributed by atoms with Crippen LogP contribution in [0.15, 0.2) is 41.1 Å². The minimum Gasteiger partial charge on any atom is -0.398 e. The summed E-state index contributed by atoms with van der Waals surface area (Å²) in [5.74, 6) is -0.238. The van der Waals surface area contributed by atoms with Crippen LogP contribution >= 0.6 is 0 Å². The van der Waals surface area contributed by atoms with Crippen LogP contribution in [0.2, 0.25) is 0 Å². The lowest BCUT2D eigenvalue weighted by Crippen LogP contribution is -2.41. The number of benzene rings is 1. The number of halogens is 2. The Labute approximate surface area is 149 Å². The lowest BCUT2D eigenvalue weighted by atomic mass is 9.79. The Morgan fingerprint density at radius 1 is 1.04 bits per heavy atom. The van der Waals surface area contributed by atoms with Gasteiger partial charge in [-0.15, -0.1) is 0 Å². The molecular weight excluding hydrogens is 321 g/mol. The van der Waals surface area contributed by atoms with E-state index >= 15 is 0 Å². The van der Waals surface area contributed by atoms with Gasteiger partial charge in [-0.2, -0.15) is 0 Å². The van der Waals surface area contributed by atoms with Crippen molar-refractivity contribution in [2.24, 2.45) is 0 Å². The van der Waals surface area contributed by atoms with Crippen molar-refractivity contribution in [3.8, 4) is 0 Å². The molecule has 1 saturated carbocycles. The average Bonchev–Trinajstić information content (AvgIpc) is 2.75. The van der Waals surface area contributed by atoms with Gasteiger partial charge >= 0.3 is 7.12 Å². The van der Waals surface area contributed by atoms with E-state index in [2.05, 4.69) is 0 Å². The molecule has 0 aromatic heterocycles. The Morgan fingerprint density at radius 2 is 1.64 bits per heavy atom. The molecule has 1 aliphatic carbocycles.